The Balaban J connectivity index is 2.03. The molecule has 1 aromatic rings. The molecule has 4 nitrogen and oxygen atoms in total. The fourth-order valence-electron chi connectivity index (χ4n) is 2.40. The molecule has 0 aliphatic carbocycles. The van der Waals surface area contributed by atoms with Crippen molar-refractivity contribution in [3.8, 4) is 0 Å². The third-order valence-corrected chi connectivity index (χ3v) is 3.59. The smallest absolute Gasteiger partial charge is 0.227 e. The van der Waals surface area contributed by atoms with E-state index < -0.39 is 0 Å². The van der Waals surface area contributed by atoms with Gasteiger partial charge in [-0.25, -0.2) is 0 Å². The lowest BCUT2D eigenvalue weighted by molar-refractivity contribution is -0.143. The van der Waals surface area contributed by atoms with Crippen LogP contribution in [0.3, 0.4) is 0 Å². The van der Waals surface area contributed by atoms with E-state index in [2.05, 4.69) is 6.92 Å². The van der Waals surface area contributed by atoms with E-state index in [9.17, 15) is 4.79 Å². The fourth-order valence-corrected chi connectivity index (χ4v) is 2.40. The second-order valence-electron chi connectivity index (χ2n) is 5.17. The average molecular weight is 262 g/mol. The van der Waals surface area contributed by atoms with Gasteiger partial charge in [0.05, 0.1) is 25.2 Å². The van der Waals surface area contributed by atoms with Crippen molar-refractivity contribution in [2.45, 2.75) is 38.8 Å². The first-order valence-electron chi connectivity index (χ1n) is 6.85. The number of hydrogen-bond donors (Lipinski definition) is 1. The number of ether oxygens (including phenoxy) is 1. The zero-order valence-electron chi connectivity index (χ0n) is 11.6. The summed E-state index contributed by atoms with van der Waals surface area (Å²) in [6, 6.07) is 7.71. The quantitative estimate of drug-likeness (QED) is 0.846. The van der Waals surface area contributed by atoms with Gasteiger partial charge in [-0.1, -0.05) is 19.1 Å². The van der Waals surface area contributed by atoms with Crippen LogP contribution in [-0.2, 0) is 16.0 Å². The van der Waals surface area contributed by atoms with E-state index in [1.54, 1.807) is 0 Å². The Morgan fingerprint density at radius 3 is 2.74 bits per heavy atom. The van der Waals surface area contributed by atoms with Crippen LogP contribution in [0.4, 0.5) is 5.69 Å². The maximum atomic E-state index is 12.4. The lowest BCUT2D eigenvalue weighted by Crippen LogP contribution is -2.51. The molecule has 0 aromatic heterocycles. The highest BCUT2D eigenvalue weighted by molar-refractivity contribution is 5.79. The molecule has 4 heteroatoms. The van der Waals surface area contributed by atoms with E-state index in [1.165, 1.54) is 0 Å². The third-order valence-electron chi connectivity index (χ3n) is 3.59. The zero-order valence-corrected chi connectivity index (χ0v) is 11.6. The Kier molecular flexibility index (Phi) is 4.43. The van der Waals surface area contributed by atoms with E-state index in [0.717, 1.165) is 17.7 Å². The first kappa shape index (κ1) is 13.9. The molecule has 1 aromatic carbocycles. The van der Waals surface area contributed by atoms with Gasteiger partial charge in [-0.15, -0.1) is 0 Å². The van der Waals surface area contributed by atoms with Crippen molar-refractivity contribution in [2.24, 2.45) is 0 Å². The van der Waals surface area contributed by atoms with Gasteiger partial charge in [0.25, 0.3) is 0 Å². The second kappa shape index (κ2) is 6.06. The number of nitrogens with two attached hydrogens (primary N) is 1. The Bertz CT molecular complexity index is 430. The molecule has 2 N–H and O–H groups in total. The topological polar surface area (TPSA) is 55.6 Å². The molecule has 1 heterocycles. The summed E-state index contributed by atoms with van der Waals surface area (Å²) >= 11 is 0. The summed E-state index contributed by atoms with van der Waals surface area (Å²) in [6.07, 6.45) is 1.49. The molecule has 0 radical (unpaired) electrons. The number of carbonyl (C=O) groups is 1. The van der Waals surface area contributed by atoms with Crippen LogP contribution < -0.4 is 5.73 Å². The van der Waals surface area contributed by atoms with Crippen LogP contribution in [-0.4, -0.2) is 36.1 Å². The summed E-state index contributed by atoms with van der Waals surface area (Å²) in [6.45, 7) is 5.43. The lowest BCUT2D eigenvalue weighted by Gasteiger charge is -2.38. The van der Waals surface area contributed by atoms with Gasteiger partial charge in [0.2, 0.25) is 5.91 Å². The highest BCUT2D eigenvalue weighted by Crippen LogP contribution is 2.16. The van der Waals surface area contributed by atoms with Crippen molar-refractivity contribution >= 4 is 11.6 Å². The minimum absolute atomic E-state index is 0.123. The largest absolute Gasteiger partial charge is 0.399 e. The van der Waals surface area contributed by atoms with Crippen LogP contribution in [0.15, 0.2) is 24.3 Å². The van der Waals surface area contributed by atoms with Crippen LogP contribution >= 0.6 is 0 Å². The Morgan fingerprint density at radius 2 is 2.11 bits per heavy atom. The van der Waals surface area contributed by atoms with E-state index in [-0.39, 0.29) is 18.1 Å². The van der Waals surface area contributed by atoms with Crippen LogP contribution in [0.2, 0.25) is 0 Å². The standard InChI is InChI=1S/C15H22N2O2/c1-3-14-10-19-11(2)9-17(14)15(18)8-12-4-6-13(16)7-5-12/h4-7,11,14H,3,8-10,16H2,1-2H3. The zero-order chi connectivity index (χ0) is 13.8. The van der Waals surface area contributed by atoms with Gasteiger partial charge >= 0.3 is 0 Å². The molecule has 2 atom stereocenters. The second-order valence-corrected chi connectivity index (χ2v) is 5.17. The lowest BCUT2D eigenvalue weighted by atomic mass is 10.1. The molecule has 1 aliphatic rings. The molecule has 1 fully saturated rings. The normalized spacial score (nSPS) is 23.4. The predicted octanol–water partition coefficient (Wildman–Crippen LogP) is 1.84. The van der Waals surface area contributed by atoms with Crippen molar-refractivity contribution in [2.75, 3.05) is 18.9 Å². The number of nitrogens with zero attached hydrogens (tertiary/aromatic N) is 1. The van der Waals surface area contributed by atoms with Crippen molar-refractivity contribution < 1.29 is 9.53 Å². The minimum atomic E-state index is 0.123. The van der Waals surface area contributed by atoms with E-state index >= 15 is 0 Å². The SMILES string of the molecule is CCC1COC(C)CN1C(=O)Cc1ccc(N)cc1. The molecule has 2 rings (SSSR count). The minimum Gasteiger partial charge on any atom is -0.399 e. The number of hydrogen-bond acceptors (Lipinski definition) is 3. The maximum absolute atomic E-state index is 12.4. The van der Waals surface area contributed by atoms with Crippen molar-refractivity contribution in [1.82, 2.24) is 4.90 Å². The first-order chi connectivity index (χ1) is 9.10. The van der Waals surface area contributed by atoms with E-state index in [0.29, 0.717) is 19.6 Å². The average Bonchev–Trinajstić information content (AvgIpc) is 2.41. The number of rotatable bonds is 3. The summed E-state index contributed by atoms with van der Waals surface area (Å²) in [5.74, 6) is 0.173. The number of benzene rings is 1. The fraction of sp³-hybridized carbons (Fsp3) is 0.533. The molecule has 0 spiro atoms. The molecule has 1 aliphatic heterocycles. The Labute approximate surface area is 114 Å². The molecule has 0 bridgehead atoms. The summed E-state index contributed by atoms with van der Waals surface area (Å²) in [5, 5.41) is 0. The highest BCUT2D eigenvalue weighted by atomic mass is 16.5. The molecular formula is C15H22N2O2. The number of morpholine rings is 1. The predicted molar refractivity (Wildman–Crippen MR) is 75.8 cm³/mol. The van der Waals surface area contributed by atoms with Gasteiger partial charge in [0.15, 0.2) is 0 Å². The van der Waals surface area contributed by atoms with Gasteiger partial charge in [-0.05, 0) is 31.0 Å². The van der Waals surface area contributed by atoms with Crippen molar-refractivity contribution in [3.05, 3.63) is 29.8 Å². The number of amides is 1. The maximum Gasteiger partial charge on any atom is 0.227 e. The summed E-state index contributed by atoms with van der Waals surface area (Å²) < 4.78 is 5.62. The number of nitrogen functional groups attached to an aromatic ring is 1. The van der Waals surface area contributed by atoms with Crippen LogP contribution in [0.1, 0.15) is 25.8 Å². The molecule has 0 saturated carbocycles. The summed E-state index contributed by atoms with van der Waals surface area (Å²) in [7, 11) is 0. The third kappa shape index (κ3) is 3.47. The van der Waals surface area contributed by atoms with Crippen molar-refractivity contribution in [1.29, 1.82) is 0 Å². The molecule has 1 saturated heterocycles. The highest BCUT2D eigenvalue weighted by Gasteiger charge is 2.29. The summed E-state index contributed by atoms with van der Waals surface area (Å²) in [5.41, 5.74) is 7.38. The molecule has 19 heavy (non-hydrogen) atoms. The van der Waals surface area contributed by atoms with Crippen molar-refractivity contribution in [3.63, 3.8) is 0 Å². The van der Waals surface area contributed by atoms with E-state index in [4.69, 9.17) is 10.5 Å². The molecular weight excluding hydrogens is 240 g/mol. The summed E-state index contributed by atoms with van der Waals surface area (Å²) in [4.78, 5) is 14.4. The van der Waals surface area contributed by atoms with Gasteiger partial charge in [-0.3, -0.25) is 4.79 Å². The van der Waals surface area contributed by atoms with Gasteiger partial charge in [0.1, 0.15) is 0 Å². The van der Waals surface area contributed by atoms with Crippen LogP contribution in [0.25, 0.3) is 0 Å². The van der Waals surface area contributed by atoms with Gasteiger partial charge in [0, 0.05) is 12.2 Å². The molecule has 2 unspecified atom stereocenters. The molecule has 1 amide bonds. The Hall–Kier alpha value is -1.55. The Morgan fingerprint density at radius 1 is 1.42 bits per heavy atom. The van der Waals surface area contributed by atoms with E-state index in [1.807, 2.05) is 36.1 Å². The monoisotopic (exact) mass is 262 g/mol. The number of carbonyl (C=O) groups excluding carboxylic acids is 1. The first-order valence-corrected chi connectivity index (χ1v) is 6.85. The van der Waals surface area contributed by atoms with Gasteiger partial charge in [-0.2, -0.15) is 0 Å². The van der Waals surface area contributed by atoms with Crippen LogP contribution in [0, 0.1) is 0 Å². The number of anilines is 1. The van der Waals surface area contributed by atoms with Crippen LogP contribution in [0.5, 0.6) is 0 Å². The van der Waals surface area contributed by atoms with Gasteiger partial charge < -0.3 is 15.4 Å². The molecule has 104 valence electrons.